The van der Waals surface area contributed by atoms with Gasteiger partial charge in [-0.1, -0.05) is 27.2 Å². The summed E-state index contributed by atoms with van der Waals surface area (Å²) in [5.41, 5.74) is 2.45. The molecule has 1 aromatic carbocycles. The molecule has 9 heteroatoms. The molecule has 2 heterocycles. The molecule has 3 fully saturated rings. The predicted molar refractivity (Wildman–Crippen MR) is 171 cm³/mol. The molecule has 4 rings (SSSR count). The topological polar surface area (TPSA) is 97.7 Å². The number of hydrogen-bond acceptors (Lipinski definition) is 9. The number of carbonyl (C=O) groups is 1. The number of methoxy groups -OCH3 is 1. The van der Waals surface area contributed by atoms with Crippen molar-refractivity contribution in [2.45, 2.75) is 96.2 Å². The molecular formula is C33H57N5O4. The fourth-order valence-corrected chi connectivity index (χ4v) is 6.53. The summed E-state index contributed by atoms with van der Waals surface area (Å²) in [6, 6.07) is 4.27. The third-order valence-electron chi connectivity index (χ3n) is 9.45. The Kier molecular flexibility index (Phi) is 13.8. The predicted octanol–water partition coefficient (Wildman–Crippen LogP) is 5.10. The lowest BCUT2D eigenvalue weighted by Crippen LogP contribution is -2.40. The molecule has 2 aliphatic heterocycles. The highest BCUT2D eigenvalue weighted by Crippen LogP contribution is 2.50. The van der Waals surface area contributed by atoms with Crippen molar-refractivity contribution in [3.05, 3.63) is 28.2 Å². The van der Waals surface area contributed by atoms with Gasteiger partial charge in [0.05, 0.1) is 13.7 Å². The maximum Gasteiger partial charge on any atom is 0.133 e. The number of aliphatic hydroxyl groups is 1. The monoisotopic (exact) mass is 587 g/mol. The first-order chi connectivity index (χ1) is 20.2. The minimum absolute atomic E-state index is 0.0707. The maximum atomic E-state index is 11.6. The molecule has 42 heavy (non-hydrogen) atoms. The number of nitrogens with zero attached hydrogens (tertiary/aromatic N) is 4. The van der Waals surface area contributed by atoms with E-state index in [0.29, 0.717) is 18.2 Å². The number of carbonyl (C=O) groups excluding carboxylic acids is 1. The summed E-state index contributed by atoms with van der Waals surface area (Å²) in [5.74, 6) is 1.38. The summed E-state index contributed by atoms with van der Waals surface area (Å²) in [6.45, 7) is 13.0. The number of aliphatic hydroxyl groups excluding tert-OH is 1. The summed E-state index contributed by atoms with van der Waals surface area (Å²) in [5, 5.41) is 17.1. The van der Waals surface area contributed by atoms with Crippen LogP contribution >= 0.6 is 0 Å². The van der Waals surface area contributed by atoms with Crippen molar-refractivity contribution >= 4 is 12.0 Å². The smallest absolute Gasteiger partial charge is 0.133 e. The van der Waals surface area contributed by atoms with Crippen molar-refractivity contribution in [3.8, 4) is 5.75 Å². The van der Waals surface area contributed by atoms with Crippen LogP contribution in [-0.4, -0.2) is 105 Å². The van der Waals surface area contributed by atoms with Crippen LogP contribution in [0.25, 0.3) is 0 Å². The van der Waals surface area contributed by atoms with E-state index in [1.54, 1.807) is 7.11 Å². The molecule has 3 unspecified atom stereocenters. The van der Waals surface area contributed by atoms with Crippen LogP contribution in [0.15, 0.2) is 17.3 Å². The minimum Gasteiger partial charge on any atom is -0.496 e. The maximum absolute atomic E-state index is 11.6. The lowest BCUT2D eigenvalue weighted by molar-refractivity contribution is -0.109. The van der Waals surface area contributed by atoms with Crippen molar-refractivity contribution in [3.63, 3.8) is 0 Å². The number of hydrogen-bond donors (Lipinski definition) is 2. The highest BCUT2D eigenvalue weighted by molar-refractivity contribution is 5.60. The number of aldehydes is 1. The van der Waals surface area contributed by atoms with E-state index in [9.17, 15) is 14.8 Å². The van der Waals surface area contributed by atoms with E-state index < -0.39 is 6.23 Å². The van der Waals surface area contributed by atoms with E-state index in [1.807, 2.05) is 13.1 Å². The lowest BCUT2D eigenvalue weighted by atomic mass is 9.91. The number of rotatable bonds is 16. The number of nitroso groups, excluding NO2 is 1. The van der Waals surface area contributed by atoms with Gasteiger partial charge in [-0.3, -0.25) is 9.80 Å². The normalized spacial score (nSPS) is 24.0. The highest BCUT2D eigenvalue weighted by atomic mass is 16.5. The van der Waals surface area contributed by atoms with Crippen molar-refractivity contribution in [1.82, 2.24) is 20.0 Å². The Labute approximate surface area is 254 Å². The van der Waals surface area contributed by atoms with Crippen LogP contribution < -0.4 is 10.1 Å². The van der Waals surface area contributed by atoms with E-state index in [0.717, 1.165) is 81.4 Å². The fraction of sp³-hybridized carbons (Fsp3) is 0.788. The first kappa shape index (κ1) is 34.6. The van der Waals surface area contributed by atoms with Crippen LogP contribution in [0.3, 0.4) is 0 Å². The van der Waals surface area contributed by atoms with Crippen molar-refractivity contribution in [1.29, 1.82) is 0 Å². The van der Waals surface area contributed by atoms with Gasteiger partial charge in [0.2, 0.25) is 0 Å². The lowest BCUT2D eigenvalue weighted by Gasteiger charge is -2.30. The molecule has 0 spiro atoms. The van der Waals surface area contributed by atoms with E-state index in [2.05, 4.69) is 59.1 Å². The molecular weight excluding hydrogens is 530 g/mol. The van der Waals surface area contributed by atoms with Gasteiger partial charge in [0.15, 0.2) is 0 Å². The van der Waals surface area contributed by atoms with Gasteiger partial charge in [0.1, 0.15) is 24.0 Å². The Morgan fingerprint density at radius 2 is 1.93 bits per heavy atom. The molecule has 3 atom stereocenters. The van der Waals surface area contributed by atoms with Crippen molar-refractivity contribution in [2.24, 2.45) is 10.6 Å². The molecule has 2 saturated heterocycles. The van der Waals surface area contributed by atoms with Crippen molar-refractivity contribution < 1.29 is 14.6 Å². The van der Waals surface area contributed by atoms with Crippen LogP contribution in [0.1, 0.15) is 95.1 Å². The van der Waals surface area contributed by atoms with E-state index >= 15 is 0 Å². The second kappa shape index (κ2) is 16.8. The Hall–Kier alpha value is -1.91. The standard InChI is InChI=1S/C24H35N3O4.C9H22N2/c1-24(2)7-9-26(23(24)29)8-6-19-12-18(15-27(19)10-11-28)17-13-20(25-30)22(16-4-5-16)21(14-17)31-3;1-4-5-8-11(3)9-6-7-10-2/h11,13-14,16,18-19,23,29H,4-10,12,15H2,1-3H3;10H,4-9H2,1-3H3. The molecule has 238 valence electrons. The zero-order chi connectivity index (χ0) is 30.7. The van der Waals surface area contributed by atoms with Gasteiger partial charge in [-0.15, -0.1) is 4.91 Å². The van der Waals surface area contributed by atoms with Crippen LogP contribution in [0.5, 0.6) is 5.75 Å². The van der Waals surface area contributed by atoms with Gasteiger partial charge in [-0.25, -0.2) is 0 Å². The van der Waals surface area contributed by atoms with Gasteiger partial charge in [-0.2, -0.15) is 0 Å². The van der Waals surface area contributed by atoms with Gasteiger partial charge < -0.3 is 24.9 Å². The Balaban J connectivity index is 0.000000375. The number of likely N-dealkylation sites (tertiary alicyclic amines) is 2. The molecule has 2 N–H and O–H groups in total. The average Bonchev–Trinajstić information content (AvgIpc) is 3.69. The van der Waals surface area contributed by atoms with Gasteiger partial charge in [0.25, 0.3) is 0 Å². The second-order valence-electron chi connectivity index (χ2n) is 13.3. The quantitative estimate of drug-likeness (QED) is 0.157. The van der Waals surface area contributed by atoms with Crippen LogP contribution in [0.4, 0.5) is 5.69 Å². The average molecular weight is 588 g/mol. The van der Waals surface area contributed by atoms with Crippen LogP contribution in [-0.2, 0) is 4.79 Å². The van der Waals surface area contributed by atoms with Gasteiger partial charge in [-0.05, 0) is 113 Å². The third kappa shape index (κ3) is 9.55. The highest BCUT2D eigenvalue weighted by Gasteiger charge is 2.40. The number of nitrogens with one attached hydrogen (secondary N) is 1. The fourth-order valence-electron chi connectivity index (χ4n) is 6.53. The molecule has 9 nitrogen and oxygen atoms in total. The van der Waals surface area contributed by atoms with Crippen molar-refractivity contribution in [2.75, 3.05) is 67.0 Å². The first-order valence-electron chi connectivity index (χ1n) is 16.2. The van der Waals surface area contributed by atoms with Crippen LogP contribution in [0.2, 0.25) is 0 Å². The zero-order valence-corrected chi connectivity index (χ0v) is 27.1. The summed E-state index contributed by atoms with van der Waals surface area (Å²) < 4.78 is 5.63. The Bertz CT molecular complexity index is 985. The first-order valence-corrected chi connectivity index (χ1v) is 16.2. The molecule has 1 aliphatic carbocycles. The van der Waals surface area contributed by atoms with E-state index in [1.165, 1.54) is 32.4 Å². The Morgan fingerprint density at radius 3 is 2.50 bits per heavy atom. The minimum atomic E-state index is -0.412. The number of unbranched alkanes of at least 4 members (excludes halogenated alkanes) is 1. The molecule has 1 saturated carbocycles. The zero-order valence-electron chi connectivity index (χ0n) is 27.1. The summed E-state index contributed by atoms with van der Waals surface area (Å²) in [6.07, 6.45) is 9.44. The molecule has 0 aromatic heterocycles. The number of benzene rings is 1. The second-order valence-corrected chi connectivity index (χ2v) is 13.3. The molecule has 0 radical (unpaired) electrons. The van der Waals surface area contributed by atoms with Gasteiger partial charge in [0, 0.05) is 36.7 Å². The molecule has 0 amide bonds. The van der Waals surface area contributed by atoms with Gasteiger partial charge >= 0.3 is 0 Å². The van der Waals surface area contributed by atoms with E-state index in [4.69, 9.17) is 4.74 Å². The SMILES string of the molecule is CCCCN(C)CCCNC.COc1cc(C2CC(CCN3CCC(C)(C)C3O)N(CC=O)C2)cc(N=O)c1C1CC1. The summed E-state index contributed by atoms with van der Waals surface area (Å²) in [4.78, 5) is 29.7. The molecule has 1 aromatic rings. The third-order valence-corrected chi connectivity index (χ3v) is 9.45. The van der Waals surface area contributed by atoms with Crippen LogP contribution in [0, 0.1) is 10.3 Å². The number of ether oxygens (including phenoxy) is 1. The molecule has 3 aliphatic rings. The van der Waals surface area contributed by atoms with E-state index in [-0.39, 0.29) is 17.4 Å². The largest absolute Gasteiger partial charge is 0.496 e. The summed E-state index contributed by atoms with van der Waals surface area (Å²) in [7, 11) is 5.86. The molecule has 0 bridgehead atoms. The summed E-state index contributed by atoms with van der Waals surface area (Å²) >= 11 is 0. The Morgan fingerprint density at radius 1 is 1.19 bits per heavy atom.